The van der Waals surface area contributed by atoms with Gasteiger partial charge in [-0.05, 0) is 19.9 Å². The molecule has 0 saturated carbocycles. The Balaban J connectivity index is 2.69. The highest BCUT2D eigenvalue weighted by Crippen LogP contribution is 2.26. The van der Waals surface area contributed by atoms with E-state index in [2.05, 4.69) is 0 Å². The largest absolute Gasteiger partial charge is 0.488 e. The van der Waals surface area contributed by atoms with Gasteiger partial charge in [-0.2, -0.15) is 0 Å². The van der Waals surface area contributed by atoms with Crippen molar-refractivity contribution < 1.29 is 13.9 Å². The standard InChI is InChI=1S/C12H18FNO2/c1-3-15-7-8-16-12-10(9(2)14)5-4-6-11(12)13/h4-6,9H,3,7-8,14H2,1-2H3/t9-/m0/s1. The smallest absolute Gasteiger partial charge is 0.165 e. The first-order valence-corrected chi connectivity index (χ1v) is 5.41. The lowest BCUT2D eigenvalue weighted by molar-refractivity contribution is 0.108. The first-order chi connectivity index (χ1) is 7.66. The summed E-state index contributed by atoms with van der Waals surface area (Å²) in [4.78, 5) is 0. The van der Waals surface area contributed by atoms with E-state index in [-0.39, 0.29) is 17.6 Å². The van der Waals surface area contributed by atoms with E-state index in [1.807, 2.05) is 6.92 Å². The molecule has 90 valence electrons. The Hall–Kier alpha value is -1.13. The molecule has 0 aromatic heterocycles. The van der Waals surface area contributed by atoms with Crippen LogP contribution >= 0.6 is 0 Å². The van der Waals surface area contributed by atoms with Gasteiger partial charge in [0, 0.05) is 18.2 Å². The molecule has 1 rings (SSSR count). The maximum Gasteiger partial charge on any atom is 0.165 e. The lowest BCUT2D eigenvalue weighted by Crippen LogP contribution is -2.12. The molecule has 0 saturated heterocycles. The van der Waals surface area contributed by atoms with Gasteiger partial charge >= 0.3 is 0 Å². The molecule has 2 N–H and O–H groups in total. The highest BCUT2D eigenvalue weighted by atomic mass is 19.1. The molecule has 0 heterocycles. The summed E-state index contributed by atoms with van der Waals surface area (Å²) in [5, 5.41) is 0. The molecule has 0 amide bonds. The molecule has 0 aliphatic carbocycles. The van der Waals surface area contributed by atoms with Gasteiger partial charge in [0.2, 0.25) is 0 Å². The van der Waals surface area contributed by atoms with E-state index in [1.165, 1.54) is 6.07 Å². The zero-order valence-corrected chi connectivity index (χ0v) is 9.70. The van der Waals surface area contributed by atoms with Crippen molar-refractivity contribution in [1.29, 1.82) is 0 Å². The van der Waals surface area contributed by atoms with E-state index in [4.69, 9.17) is 15.2 Å². The van der Waals surface area contributed by atoms with Crippen LogP contribution in [0.25, 0.3) is 0 Å². The highest BCUT2D eigenvalue weighted by molar-refractivity contribution is 5.36. The fourth-order valence-corrected chi connectivity index (χ4v) is 1.38. The molecule has 0 spiro atoms. The van der Waals surface area contributed by atoms with Gasteiger partial charge in [0.25, 0.3) is 0 Å². The second kappa shape index (κ2) is 6.45. The molecule has 1 aromatic rings. The Morgan fingerprint density at radius 2 is 2.12 bits per heavy atom. The molecule has 0 fully saturated rings. The minimum atomic E-state index is -0.383. The number of benzene rings is 1. The second-order valence-electron chi connectivity index (χ2n) is 3.49. The number of hydrogen-bond acceptors (Lipinski definition) is 3. The fraction of sp³-hybridized carbons (Fsp3) is 0.500. The van der Waals surface area contributed by atoms with E-state index in [1.54, 1.807) is 19.1 Å². The minimum Gasteiger partial charge on any atom is -0.488 e. The summed E-state index contributed by atoms with van der Waals surface area (Å²) in [6, 6.07) is 4.51. The molecular weight excluding hydrogens is 209 g/mol. The van der Waals surface area contributed by atoms with Gasteiger partial charge in [0.15, 0.2) is 11.6 Å². The summed E-state index contributed by atoms with van der Waals surface area (Å²) in [7, 11) is 0. The van der Waals surface area contributed by atoms with Crippen LogP contribution in [0.15, 0.2) is 18.2 Å². The van der Waals surface area contributed by atoms with Crippen LogP contribution in [-0.2, 0) is 4.74 Å². The summed E-state index contributed by atoms with van der Waals surface area (Å²) in [6.07, 6.45) is 0. The molecule has 0 radical (unpaired) electrons. The molecule has 1 aromatic carbocycles. The number of hydrogen-bond donors (Lipinski definition) is 1. The number of nitrogens with two attached hydrogens (primary N) is 1. The van der Waals surface area contributed by atoms with Crippen molar-refractivity contribution >= 4 is 0 Å². The maximum absolute atomic E-state index is 13.5. The van der Waals surface area contributed by atoms with Crippen LogP contribution in [0.4, 0.5) is 4.39 Å². The highest BCUT2D eigenvalue weighted by Gasteiger charge is 2.12. The number of para-hydroxylation sites is 1. The lowest BCUT2D eigenvalue weighted by atomic mass is 10.1. The van der Waals surface area contributed by atoms with Crippen LogP contribution in [0.5, 0.6) is 5.75 Å². The molecule has 0 aliphatic heterocycles. The average molecular weight is 227 g/mol. The SMILES string of the molecule is CCOCCOc1c(F)cccc1[C@H](C)N. The quantitative estimate of drug-likeness (QED) is 0.758. The van der Waals surface area contributed by atoms with Gasteiger partial charge in [-0.15, -0.1) is 0 Å². The Labute approximate surface area is 95.4 Å². The maximum atomic E-state index is 13.5. The Bertz CT molecular complexity index is 329. The Morgan fingerprint density at radius 1 is 1.38 bits per heavy atom. The van der Waals surface area contributed by atoms with Gasteiger partial charge in [-0.3, -0.25) is 0 Å². The molecule has 1 atom stereocenters. The molecule has 4 heteroatoms. The van der Waals surface area contributed by atoms with E-state index in [9.17, 15) is 4.39 Å². The fourth-order valence-electron chi connectivity index (χ4n) is 1.38. The van der Waals surface area contributed by atoms with Crippen LogP contribution < -0.4 is 10.5 Å². The third kappa shape index (κ3) is 3.47. The first kappa shape index (κ1) is 12.9. The average Bonchev–Trinajstić information content (AvgIpc) is 2.25. The van der Waals surface area contributed by atoms with Crippen LogP contribution in [-0.4, -0.2) is 19.8 Å². The number of rotatable bonds is 6. The van der Waals surface area contributed by atoms with Crippen molar-refractivity contribution in [2.75, 3.05) is 19.8 Å². The topological polar surface area (TPSA) is 44.5 Å². The van der Waals surface area contributed by atoms with E-state index in [0.717, 1.165) is 0 Å². The summed E-state index contributed by atoms with van der Waals surface area (Å²) >= 11 is 0. The van der Waals surface area contributed by atoms with Crippen molar-refractivity contribution in [1.82, 2.24) is 0 Å². The molecule has 16 heavy (non-hydrogen) atoms. The minimum absolute atomic E-state index is 0.234. The van der Waals surface area contributed by atoms with Gasteiger partial charge in [0.05, 0.1) is 6.61 Å². The normalized spacial score (nSPS) is 12.5. The zero-order valence-electron chi connectivity index (χ0n) is 9.70. The second-order valence-corrected chi connectivity index (χ2v) is 3.49. The number of halogens is 1. The summed E-state index contributed by atoms with van der Waals surface area (Å²) in [6.45, 7) is 5.10. The van der Waals surface area contributed by atoms with Crippen molar-refractivity contribution in [3.8, 4) is 5.75 Å². The van der Waals surface area contributed by atoms with Crippen LogP contribution in [0.3, 0.4) is 0 Å². The van der Waals surface area contributed by atoms with Crippen molar-refractivity contribution in [2.45, 2.75) is 19.9 Å². The van der Waals surface area contributed by atoms with Gasteiger partial charge < -0.3 is 15.2 Å². The van der Waals surface area contributed by atoms with E-state index >= 15 is 0 Å². The van der Waals surface area contributed by atoms with Gasteiger partial charge in [-0.25, -0.2) is 4.39 Å². The van der Waals surface area contributed by atoms with Gasteiger partial charge in [0.1, 0.15) is 6.61 Å². The zero-order chi connectivity index (χ0) is 12.0. The molecule has 3 nitrogen and oxygen atoms in total. The molecular formula is C12H18FNO2. The van der Waals surface area contributed by atoms with E-state index < -0.39 is 0 Å². The van der Waals surface area contributed by atoms with Gasteiger partial charge in [-0.1, -0.05) is 12.1 Å². The molecule has 0 unspecified atom stereocenters. The van der Waals surface area contributed by atoms with Crippen LogP contribution in [0.1, 0.15) is 25.5 Å². The molecule has 0 aliphatic rings. The summed E-state index contributed by atoms with van der Waals surface area (Å²) in [5.41, 5.74) is 6.41. The Kier molecular flexibility index (Phi) is 5.22. The third-order valence-corrected chi connectivity index (χ3v) is 2.17. The van der Waals surface area contributed by atoms with Crippen LogP contribution in [0.2, 0.25) is 0 Å². The molecule has 0 bridgehead atoms. The lowest BCUT2D eigenvalue weighted by Gasteiger charge is -2.14. The van der Waals surface area contributed by atoms with Crippen LogP contribution in [0, 0.1) is 5.82 Å². The third-order valence-electron chi connectivity index (χ3n) is 2.17. The Morgan fingerprint density at radius 3 is 2.75 bits per heavy atom. The number of ether oxygens (including phenoxy) is 2. The monoisotopic (exact) mass is 227 g/mol. The first-order valence-electron chi connectivity index (χ1n) is 5.41. The van der Waals surface area contributed by atoms with Crippen molar-refractivity contribution in [3.05, 3.63) is 29.6 Å². The predicted octanol–water partition coefficient (Wildman–Crippen LogP) is 2.26. The van der Waals surface area contributed by atoms with E-state index in [0.29, 0.717) is 25.4 Å². The van der Waals surface area contributed by atoms with Crippen molar-refractivity contribution in [2.24, 2.45) is 5.73 Å². The predicted molar refractivity (Wildman–Crippen MR) is 61.0 cm³/mol. The summed E-state index contributed by atoms with van der Waals surface area (Å²) in [5.74, 6) is -0.150. The summed E-state index contributed by atoms with van der Waals surface area (Å²) < 4.78 is 24.0. The van der Waals surface area contributed by atoms with Crippen molar-refractivity contribution in [3.63, 3.8) is 0 Å².